The van der Waals surface area contributed by atoms with E-state index in [1.54, 1.807) is 0 Å². The lowest BCUT2D eigenvalue weighted by Gasteiger charge is -2.24. The van der Waals surface area contributed by atoms with Gasteiger partial charge in [-0.3, -0.25) is 9.59 Å². The van der Waals surface area contributed by atoms with E-state index in [0.29, 0.717) is 22.3 Å². The first-order valence-corrected chi connectivity index (χ1v) is 7.73. The average molecular weight is 311 g/mol. The number of thioether (sulfide) groups is 1. The predicted molar refractivity (Wildman–Crippen MR) is 85.9 cm³/mol. The van der Waals surface area contributed by atoms with Gasteiger partial charge in [0, 0.05) is 12.3 Å². The molecule has 0 spiro atoms. The van der Waals surface area contributed by atoms with Crippen LogP contribution in [0.2, 0.25) is 0 Å². The van der Waals surface area contributed by atoms with Crippen molar-refractivity contribution in [2.45, 2.75) is 17.5 Å². The molecular weight excluding hydrogens is 298 g/mol. The van der Waals surface area contributed by atoms with Gasteiger partial charge in [0.25, 0.3) is 5.56 Å². The highest BCUT2D eigenvalue weighted by molar-refractivity contribution is 7.99. The first-order chi connectivity index (χ1) is 10.7. The number of aromatic amines is 1. The van der Waals surface area contributed by atoms with Gasteiger partial charge < -0.3 is 10.3 Å². The van der Waals surface area contributed by atoms with Crippen molar-refractivity contribution in [3.05, 3.63) is 51.8 Å². The van der Waals surface area contributed by atoms with Crippen LogP contribution in [0, 0.1) is 12.3 Å². The molecule has 1 aliphatic heterocycles. The Kier molecular flexibility index (Phi) is 3.98. The molecule has 0 radical (unpaired) electrons. The highest BCUT2D eigenvalue weighted by Gasteiger charge is 2.30. The number of nitrogens with one attached hydrogen (secondary N) is 2. The van der Waals surface area contributed by atoms with Crippen LogP contribution >= 0.6 is 11.8 Å². The van der Waals surface area contributed by atoms with Crippen LogP contribution in [-0.4, -0.2) is 21.6 Å². The molecule has 2 heterocycles. The van der Waals surface area contributed by atoms with Gasteiger partial charge in [0.1, 0.15) is 5.82 Å². The van der Waals surface area contributed by atoms with Gasteiger partial charge in [0.2, 0.25) is 5.91 Å². The van der Waals surface area contributed by atoms with Crippen LogP contribution in [-0.2, 0) is 4.79 Å². The molecule has 2 aromatic rings. The van der Waals surface area contributed by atoms with Gasteiger partial charge >= 0.3 is 0 Å². The first kappa shape index (κ1) is 14.4. The maximum Gasteiger partial charge on any atom is 0.257 e. The van der Waals surface area contributed by atoms with Gasteiger partial charge in [0.05, 0.1) is 11.3 Å². The molecule has 1 atom stereocenters. The number of benzene rings is 1. The second kappa shape index (κ2) is 6.08. The first-order valence-electron chi connectivity index (χ1n) is 6.74. The Morgan fingerprint density at radius 1 is 1.32 bits per heavy atom. The Morgan fingerprint density at radius 2 is 2.09 bits per heavy atom. The fourth-order valence-electron chi connectivity index (χ4n) is 2.50. The molecule has 0 aliphatic carbocycles. The molecule has 0 saturated heterocycles. The standard InChI is InChI=1S/C16H13N3O2S/c1-2-8-22-16-18-14-13(15(21)19-16)11(9-12(20)17-14)10-6-4-3-5-7-10/h1,3-7,11H,8-9H2,(H2,17,18,19,20,21)/t11-/m0/s1. The summed E-state index contributed by atoms with van der Waals surface area (Å²) in [7, 11) is 0. The number of carbonyl (C=O) groups is 1. The number of carbonyl (C=O) groups excluding carboxylic acids is 1. The van der Waals surface area contributed by atoms with Crippen LogP contribution in [0.1, 0.15) is 23.5 Å². The van der Waals surface area contributed by atoms with Gasteiger partial charge in [-0.25, -0.2) is 4.98 Å². The quantitative estimate of drug-likeness (QED) is 0.516. The molecule has 0 bridgehead atoms. The topological polar surface area (TPSA) is 74.8 Å². The van der Waals surface area contributed by atoms with Crippen molar-refractivity contribution in [2.24, 2.45) is 0 Å². The van der Waals surface area contributed by atoms with E-state index in [-0.39, 0.29) is 23.8 Å². The molecule has 1 aromatic heterocycles. The zero-order valence-corrected chi connectivity index (χ0v) is 12.4. The molecule has 0 saturated carbocycles. The number of terminal acetylenes is 1. The van der Waals surface area contributed by atoms with Crippen molar-refractivity contribution < 1.29 is 4.79 Å². The molecule has 1 amide bonds. The van der Waals surface area contributed by atoms with Crippen molar-refractivity contribution >= 4 is 23.5 Å². The number of aromatic nitrogens is 2. The van der Waals surface area contributed by atoms with E-state index in [0.717, 1.165) is 5.56 Å². The minimum atomic E-state index is -0.284. The van der Waals surface area contributed by atoms with Gasteiger partial charge in [0.15, 0.2) is 5.16 Å². The van der Waals surface area contributed by atoms with Gasteiger partial charge in [-0.1, -0.05) is 48.0 Å². The van der Waals surface area contributed by atoms with E-state index < -0.39 is 0 Å². The van der Waals surface area contributed by atoms with Gasteiger partial charge in [-0.2, -0.15) is 0 Å². The highest BCUT2D eigenvalue weighted by Crippen LogP contribution is 2.34. The molecule has 2 N–H and O–H groups in total. The fraction of sp³-hybridized carbons (Fsp3) is 0.188. The van der Waals surface area contributed by atoms with E-state index in [2.05, 4.69) is 21.2 Å². The molecule has 3 rings (SSSR count). The third-order valence-corrected chi connectivity index (χ3v) is 4.20. The maximum atomic E-state index is 12.4. The Balaban J connectivity index is 2.08. The summed E-state index contributed by atoms with van der Waals surface area (Å²) in [6, 6.07) is 9.50. The van der Waals surface area contributed by atoms with E-state index in [1.807, 2.05) is 30.3 Å². The highest BCUT2D eigenvalue weighted by atomic mass is 32.2. The van der Waals surface area contributed by atoms with Crippen LogP contribution in [0.5, 0.6) is 0 Å². The largest absolute Gasteiger partial charge is 0.310 e. The van der Waals surface area contributed by atoms with E-state index in [4.69, 9.17) is 6.42 Å². The van der Waals surface area contributed by atoms with Gasteiger partial charge in [-0.15, -0.1) is 6.42 Å². The lowest BCUT2D eigenvalue weighted by molar-refractivity contribution is -0.116. The summed E-state index contributed by atoms with van der Waals surface area (Å²) in [4.78, 5) is 31.4. The van der Waals surface area contributed by atoms with Gasteiger partial charge in [-0.05, 0) is 5.56 Å². The molecule has 5 nitrogen and oxygen atoms in total. The summed E-state index contributed by atoms with van der Waals surface area (Å²) in [5, 5.41) is 3.09. The van der Waals surface area contributed by atoms with E-state index in [1.165, 1.54) is 11.8 Å². The predicted octanol–water partition coefficient (Wildman–Crippen LogP) is 1.97. The van der Waals surface area contributed by atoms with Crippen molar-refractivity contribution in [1.82, 2.24) is 9.97 Å². The summed E-state index contributed by atoms with van der Waals surface area (Å²) < 4.78 is 0. The van der Waals surface area contributed by atoms with E-state index in [9.17, 15) is 9.59 Å². The zero-order valence-electron chi connectivity index (χ0n) is 11.6. The second-order valence-corrected chi connectivity index (χ2v) is 5.81. The number of fused-ring (bicyclic) bond motifs is 1. The molecule has 0 unspecified atom stereocenters. The molecule has 0 fully saturated rings. The van der Waals surface area contributed by atoms with Crippen molar-refractivity contribution in [2.75, 3.05) is 11.1 Å². The Labute approximate surface area is 131 Å². The van der Waals surface area contributed by atoms with Crippen molar-refractivity contribution in [3.8, 4) is 12.3 Å². The number of rotatable bonds is 3. The van der Waals surface area contributed by atoms with Crippen molar-refractivity contribution in [1.29, 1.82) is 0 Å². The molecule has 1 aliphatic rings. The number of anilines is 1. The van der Waals surface area contributed by atoms with Crippen LogP contribution in [0.4, 0.5) is 5.82 Å². The number of nitrogens with zero attached hydrogens (tertiary/aromatic N) is 1. The molecule has 6 heteroatoms. The van der Waals surface area contributed by atoms with Crippen LogP contribution < -0.4 is 10.9 Å². The molecular formula is C16H13N3O2S. The minimum absolute atomic E-state index is 0.146. The number of hydrogen-bond acceptors (Lipinski definition) is 4. The monoisotopic (exact) mass is 311 g/mol. The SMILES string of the molecule is C#CCSc1nc2c(c(=O)[nH]1)[C@H](c1ccccc1)CC(=O)N2. The summed E-state index contributed by atoms with van der Waals surface area (Å²) in [6.45, 7) is 0. The second-order valence-electron chi connectivity index (χ2n) is 4.84. The summed E-state index contributed by atoms with van der Waals surface area (Å²) in [5.41, 5.74) is 1.18. The normalized spacial score (nSPS) is 16.5. The Morgan fingerprint density at radius 3 is 2.82 bits per heavy atom. The lowest BCUT2D eigenvalue weighted by Crippen LogP contribution is -2.31. The third kappa shape index (κ3) is 2.76. The van der Waals surface area contributed by atoms with Crippen molar-refractivity contribution in [3.63, 3.8) is 0 Å². The van der Waals surface area contributed by atoms with Crippen LogP contribution in [0.15, 0.2) is 40.3 Å². The Hall–Kier alpha value is -2.52. The summed E-state index contributed by atoms with van der Waals surface area (Å²) in [5.74, 6) is 2.77. The lowest BCUT2D eigenvalue weighted by atomic mass is 9.87. The smallest absolute Gasteiger partial charge is 0.257 e. The van der Waals surface area contributed by atoms with Crippen LogP contribution in [0.25, 0.3) is 0 Å². The number of H-pyrrole nitrogens is 1. The number of hydrogen-bond donors (Lipinski definition) is 2. The summed E-state index contributed by atoms with van der Waals surface area (Å²) in [6.07, 6.45) is 5.45. The maximum absolute atomic E-state index is 12.4. The zero-order chi connectivity index (χ0) is 15.5. The third-order valence-electron chi connectivity index (χ3n) is 3.42. The minimum Gasteiger partial charge on any atom is -0.310 e. The fourth-order valence-corrected chi connectivity index (χ4v) is 3.04. The summed E-state index contributed by atoms with van der Waals surface area (Å²) >= 11 is 1.25. The molecule has 110 valence electrons. The molecule has 1 aromatic carbocycles. The van der Waals surface area contributed by atoms with Crippen LogP contribution in [0.3, 0.4) is 0 Å². The number of amides is 1. The average Bonchev–Trinajstić information content (AvgIpc) is 2.52. The van der Waals surface area contributed by atoms with E-state index >= 15 is 0 Å². The molecule has 22 heavy (non-hydrogen) atoms. The Bertz CT molecular complexity index is 808.